The Morgan fingerprint density at radius 1 is 1.10 bits per heavy atom. The first-order valence-electron chi connectivity index (χ1n) is 10.2. The summed E-state index contributed by atoms with van der Waals surface area (Å²) in [5, 5.41) is 6.93. The summed E-state index contributed by atoms with van der Waals surface area (Å²) in [7, 11) is 1.65. The number of hydrogen-bond donors (Lipinski definition) is 1. The van der Waals surface area contributed by atoms with Gasteiger partial charge in [-0.15, -0.1) is 0 Å². The maximum atomic E-state index is 6.53. The van der Waals surface area contributed by atoms with Crippen molar-refractivity contribution in [3.05, 3.63) is 40.4 Å². The molecular weight excluding hydrogens is 405 g/mol. The van der Waals surface area contributed by atoms with Crippen molar-refractivity contribution in [1.82, 2.24) is 9.88 Å². The molecule has 1 aromatic heterocycles. The van der Waals surface area contributed by atoms with Crippen LogP contribution in [0.5, 0.6) is 5.75 Å². The van der Waals surface area contributed by atoms with E-state index >= 15 is 0 Å². The summed E-state index contributed by atoms with van der Waals surface area (Å²) in [6.07, 6.45) is 2.22. The number of fused-ring (bicyclic) bond motifs is 2. The molecule has 0 aliphatic rings. The van der Waals surface area contributed by atoms with Gasteiger partial charge in [-0.3, -0.25) is 0 Å². The number of halogens is 2. The highest BCUT2D eigenvalue weighted by Crippen LogP contribution is 2.38. The first kappa shape index (κ1) is 21.9. The Kier molecular flexibility index (Phi) is 7.44. The number of anilines is 1. The van der Waals surface area contributed by atoms with Crippen molar-refractivity contribution in [3.63, 3.8) is 0 Å². The zero-order valence-electron chi connectivity index (χ0n) is 17.6. The lowest BCUT2D eigenvalue weighted by Crippen LogP contribution is -2.25. The van der Waals surface area contributed by atoms with E-state index in [1.807, 2.05) is 24.3 Å². The molecule has 0 bridgehead atoms. The van der Waals surface area contributed by atoms with Crippen LogP contribution in [0.1, 0.15) is 33.6 Å². The number of nitrogens with zero attached hydrogens (tertiary/aromatic N) is 2. The van der Waals surface area contributed by atoms with E-state index in [1.54, 1.807) is 13.2 Å². The van der Waals surface area contributed by atoms with E-state index in [-0.39, 0.29) is 0 Å². The second-order valence-corrected chi connectivity index (χ2v) is 8.21. The van der Waals surface area contributed by atoms with E-state index in [1.165, 1.54) is 0 Å². The Balaban J connectivity index is 1.98. The quantitative estimate of drug-likeness (QED) is 0.384. The Labute approximate surface area is 183 Å². The van der Waals surface area contributed by atoms with Gasteiger partial charge in [0, 0.05) is 27.9 Å². The average molecular weight is 434 g/mol. The van der Waals surface area contributed by atoms with Gasteiger partial charge in [-0.2, -0.15) is 0 Å². The average Bonchev–Trinajstić information content (AvgIpc) is 2.71. The minimum absolute atomic E-state index is 0.306. The predicted molar refractivity (Wildman–Crippen MR) is 126 cm³/mol. The highest BCUT2D eigenvalue weighted by molar-refractivity contribution is 6.36. The highest BCUT2D eigenvalue weighted by Gasteiger charge is 2.15. The zero-order valence-corrected chi connectivity index (χ0v) is 19.1. The Morgan fingerprint density at radius 2 is 1.86 bits per heavy atom. The molecule has 0 aliphatic carbocycles. The summed E-state index contributed by atoms with van der Waals surface area (Å²) < 4.78 is 5.44. The second-order valence-electron chi connectivity index (χ2n) is 7.37. The third-order valence-electron chi connectivity index (χ3n) is 5.40. The van der Waals surface area contributed by atoms with Crippen LogP contribution in [0.3, 0.4) is 0 Å². The number of rotatable bonds is 9. The number of ether oxygens (including phenoxy) is 1. The SMILES string of the molecule is CCN(CC)CCCC(C)Nc1c2ccc(Cl)cc2nc2c(Cl)cc(OC)cc12. The second kappa shape index (κ2) is 9.84. The molecule has 6 heteroatoms. The van der Waals surface area contributed by atoms with Crippen LogP contribution < -0.4 is 10.1 Å². The summed E-state index contributed by atoms with van der Waals surface area (Å²) >= 11 is 12.8. The van der Waals surface area contributed by atoms with Crippen molar-refractivity contribution in [3.8, 4) is 5.75 Å². The number of methoxy groups -OCH3 is 1. The topological polar surface area (TPSA) is 37.4 Å². The molecule has 1 heterocycles. The highest BCUT2D eigenvalue weighted by atomic mass is 35.5. The predicted octanol–water partition coefficient (Wildman–Crippen LogP) is 6.63. The van der Waals surface area contributed by atoms with E-state index in [4.69, 9.17) is 32.9 Å². The molecule has 0 amide bonds. The molecule has 4 nitrogen and oxygen atoms in total. The van der Waals surface area contributed by atoms with Crippen LogP contribution in [0.25, 0.3) is 21.8 Å². The fraction of sp³-hybridized carbons (Fsp3) is 0.435. The lowest BCUT2D eigenvalue weighted by atomic mass is 10.1. The van der Waals surface area contributed by atoms with Gasteiger partial charge in [0.2, 0.25) is 0 Å². The van der Waals surface area contributed by atoms with Gasteiger partial charge < -0.3 is 15.0 Å². The molecule has 1 unspecified atom stereocenters. The first-order valence-corrected chi connectivity index (χ1v) is 11.0. The van der Waals surface area contributed by atoms with Crippen LogP contribution in [0.2, 0.25) is 10.0 Å². The van der Waals surface area contributed by atoms with Crippen molar-refractivity contribution in [2.75, 3.05) is 32.1 Å². The van der Waals surface area contributed by atoms with E-state index in [2.05, 4.69) is 31.0 Å². The number of pyridine rings is 1. The number of benzene rings is 2. The van der Waals surface area contributed by atoms with Crippen LogP contribution >= 0.6 is 23.2 Å². The fourth-order valence-corrected chi connectivity index (χ4v) is 4.12. The molecule has 0 saturated carbocycles. The third kappa shape index (κ3) is 5.06. The first-order chi connectivity index (χ1) is 14.0. The van der Waals surface area contributed by atoms with Gasteiger partial charge in [0.25, 0.3) is 0 Å². The van der Waals surface area contributed by atoms with E-state index in [0.29, 0.717) is 16.1 Å². The molecule has 0 aliphatic heterocycles. The fourth-order valence-electron chi connectivity index (χ4n) is 3.71. The molecule has 3 aromatic rings. The summed E-state index contributed by atoms with van der Waals surface area (Å²) in [5.74, 6) is 0.717. The van der Waals surface area contributed by atoms with Crippen LogP contribution in [-0.4, -0.2) is 42.7 Å². The molecule has 29 heavy (non-hydrogen) atoms. The normalized spacial score (nSPS) is 12.7. The smallest absolute Gasteiger partial charge is 0.121 e. The van der Waals surface area contributed by atoms with Gasteiger partial charge in [-0.05, 0) is 63.7 Å². The Hall–Kier alpha value is -1.75. The summed E-state index contributed by atoms with van der Waals surface area (Å²) in [4.78, 5) is 7.23. The largest absolute Gasteiger partial charge is 0.497 e. The van der Waals surface area contributed by atoms with Crippen LogP contribution in [-0.2, 0) is 0 Å². The van der Waals surface area contributed by atoms with Gasteiger partial charge in [0.1, 0.15) is 5.75 Å². The molecule has 0 saturated heterocycles. The molecule has 2 aromatic carbocycles. The van der Waals surface area contributed by atoms with Crippen molar-refractivity contribution < 1.29 is 4.74 Å². The number of nitrogens with one attached hydrogen (secondary N) is 1. The van der Waals surface area contributed by atoms with Crippen LogP contribution in [0, 0.1) is 0 Å². The number of aromatic nitrogens is 1. The standard InChI is InChI=1S/C23H29Cl2N3O/c1-5-28(6-2)11-7-8-15(3)26-22-18-10-9-16(24)12-21(18)27-23-19(22)13-17(29-4)14-20(23)25/h9-10,12-15H,5-8,11H2,1-4H3,(H,26,27). The minimum Gasteiger partial charge on any atom is -0.497 e. The molecule has 156 valence electrons. The van der Waals surface area contributed by atoms with E-state index < -0.39 is 0 Å². The van der Waals surface area contributed by atoms with Crippen LogP contribution in [0.4, 0.5) is 5.69 Å². The molecule has 3 rings (SSSR count). The Bertz CT molecular complexity index is 989. The van der Waals surface area contributed by atoms with E-state index in [9.17, 15) is 0 Å². The van der Waals surface area contributed by atoms with Crippen molar-refractivity contribution in [1.29, 1.82) is 0 Å². The molecule has 1 N–H and O–H groups in total. The lowest BCUT2D eigenvalue weighted by Gasteiger charge is -2.22. The number of hydrogen-bond acceptors (Lipinski definition) is 4. The summed E-state index contributed by atoms with van der Waals surface area (Å²) in [6.45, 7) is 9.95. The van der Waals surface area contributed by atoms with Gasteiger partial charge >= 0.3 is 0 Å². The molecule has 0 fully saturated rings. The van der Waals surface area contributed by atoms with Crippen molar-refractivity contribution in [2.45, 2.75) is 39.7 Å². The van der Waals surface area contributed by atoms with E-state index in [0.717, 1.165) is 65.7 Å². The lowest BCUT2D eigenvalue weighted by molar-refractivity contribution is 0.295. The minimum atomic E-state index is 0.306. The molecule has 0 radical (unpaired) electrons. The third-order valence-corrected chi connectivity index (χ3v) is 5.92. The Morgan fingerprint density at radius 3 is 2.55 bits per heavy atom. The van der Waals surface area contributed by atoms with Gasteiger partial charge in [0.15, 0.2) is 0 Å². The van der Waals surface area contributed by atoms with Crippen molar-refractivity contribution in [2.24, 2.45) is 0 Å². The van der Waals surface area contributed by atoms with Gasteiger partial charge in [0.05, 0.1) is 28.9 Å². The van der Waals surface area contributed by atoms with Crippen molar-refractivity contribution >= 4 is 50.7 Å². The molecule has 0 spiro atoms. The van der Waals surface area contributed by atoms with Gasteiger partial charge in [-0.1, -0.05) is 37.0 Å². The van der Waals surface area contributed by atoms with Crippen LogP contribution in [0.15, 0.2) is 30.3 Å². The molecule has 1 atom stereocenters. The molecular formula is C23H29Cl2N3O. The maximum absolute atomic E-state index is 6.53. The maximum Gasteiger partial charge on any atom is 0.121 e. The summed E-state index contributed by atoms with van der Waals surface area (Å²) in [5.41, 5.74) is 2.60. The monoisotopic (exact) mass is 433 g/mol. The van der Waals surface area contributed by atoms with Gasteiger partial charge in [-0.25, -0.2) is 4.98 Å². The summed E-state index contributed by atoms with van der Waals surface area (Å²) in [6, 6.07) is 9.89. The zero-order chi connectivity index (χ0) is 21.0.